The van der Waals surface area contributed by atoms with E-state index in [1.54, 1.807) is 0 Å². The molecule has 0 unspecified atom stereocenters. The number of ether oxygens (including phenoxy) is 3. The second kappa shape index (κ2) is 6.09. The van der Waals surface area contributed by atoms with Crippen molar-refractivity contribution in [1.29, 1.82) is 0 Å². The maximum atomic E-state index is 11.6. The van der Waals surface area contributed by atoms with Crippen LogP contribution in [0.1, 0.15) is 40.0 Å². The van der Waals surface area contributed by atoms with E-state index >= 15 is 0 Å². The van der Waals surface area contributed by atoms with Crippen molar-refractivity contribution in [2.75, 3.05) is 19.8 Å². The number of rotatable bonds is 3. The van der Waals surface area contributed by atoms with Gasteiger partial charge >= 0.3 is 6.09 Å². The molecule has 2 atom stereocenters. The van der Waals surface area contributed by atoms with Gasteiger partial charge in [0.05, 0.1) is 13.2 Å². The molecule has 5 nitrogen and oxygen atoms in total. The Kier molecular flexibility index (Phi) is 4.68. The predicted molar refractivity (Wildman–Crippen MR) is 70.8 cm³/mol. The molecule has 1 saturated carbocycles. The summed E-state index contributed by atoms with van der Waals surface area (Å²) in [5.41, 5.74) is -0.448. The van der Waals surface area contributed by atoms with Crippen molar-refractivity contribution >= 4 is 6.09 Å². The van der Waals surface area contributed by atoms with E-state index in [0.717, 1.165) is 12.8 Å². The van der Waals surface area contributed by atoms with Crippen molar-refractivity contribution < 1.29 is 19.0 Å². The SMILES string of the molecule is CC(C)(C)OC(=O)NC[C@H]1CCC[C@H]1C1OCCO1. The van der Waals surface area contributed by atoms with Gasteiger partial charge in [0.1, 0.15) is 5.60 Å². The minimum Gasteiger partial charge on any atom is -0.444 e. The number of alkyl carbamates (subject to hydrolysis) is 1. The monoisotopic (exact) mass is 271 g/mol. The van der Waals surface area contributed by atoms with E-state index in [9.17, 15) is 4.79 Å². The molecule has 1 aliphatic carbocycles. The first kappa shape index (κ1) is 14.6. The van der Waals surface area contributed by atoms with Gasteiger partial charge in [-0.05, 0) is 39.5 Å². The van der Waals surface area contributed by atoms with Crippen LogP contribution in [0.3, 0.4) is 0 Å². The highest BCUT2D eigenvalue weighted by Gasteiger charge is 2.37. The Labute approximate surface area is 115 Å². The van der Waals surface area contributed by atoms with Crippen LogP contribution < -0.4 is 5.32 Å². The Hall–Kier alpha value is -0.810. The maximum absolute atomic E-state index is 11.6. The van der Waals surface area contributed by atoms with Crippen molar-refractivity contribution in [2.45, 2.75) is 51.9 Å². The third kappa shape index (κ3) is 4.35. The minimum absolute atomic E-state index is 0.0760. The van der Waals surface area contributed by atoms with Gasteiger partial charge in [-0.1, -0.05) is 6.42 Å². The van der Waals surface area contributed by atoms with E-state index in [-0.39, 0.29) is 12.4 Å². The fourth-order valence-corrected chi connectivity index (χ4v) is 2.83. The van der Waals surface area contributed by atoms with Crippen molar-refractivity contribution in [3.8, 4) is 0 Å². The molecular weight excluding hydrogens is 246 g/mol. The van der Waals surface area contributed by atoms with Crippen LogP contribution in [0.5, 0.6) is 0 Å². The quantitative estimate of drug-likeness (QED) is 0.855. The van der Waals surface area contributed by atoms with Gasteiger partial charge in [-0.2, -0.15) is 0 Å². The van der Waals surface area contributed by atoms with Crippen LogP contribution in [0.15, 0.2) is 0 Å². The summed E-state index contributed by atoms with van der Waals surface area (Å²) in [6, 6.07) is 0. The number of carbonyl (C=O) groups excluding carboxylic acids is 1. The van der Waals surface area contributed by atoms with Gasteiger partial charge in [-0.3, -0.25) is 0 Å². The number of carbonyl (C=O) groups is 1. The highest BCUT2D eigenvalue weighted by atomic mass is 16.7. The summed E-state index contributed by atoms with van der Waals surface area (Å²) in [6.45, 7) is 7.62. The zero-order valence-electron chi connectivity index (χ0n) is 12.1. The van der Waals surface area contributed by atoms with E-state index in [2.05, 4.69) is 5.32 Å². The van der Waals surface area contributed by atoms with Crippen LogP contribution in [0, 0.1) is 11.8 Å². The first-order valence-corrected chi connectivity index (χ1v) is 7.16. The molecule has 0 spiro atoms. The summed E-state index contributed by atoms with van der Waals surface area (Å²) in [7, 11) is 0. The van der Waals surface area contributed by atoms with Crippen LogP contribution in [0.4, 0.5) is 4.79 Å². The average molecular weight is 271 g/mol. The molecule has 1 heterocycles. The Morgan fingerprint density at radius 1 is 1.26 bits per heavy atom. The highest BCUT2D eigenvalue weighted by molar-refractivity contribution is 5.67. The largest absolute Gasteiger partial charge is 0.444 e. The second-order valence-corrected chi connectivity index (χ2v) is 6.35. The van der Waals surface area contributed by atoms with Crippen molar-refractivity contribution in [3.05, 3.63) is 0 Å². The van der Waals surface area contributed by atoms with E-state index in [1.165, 1.54) is 6.42 Å². The molecule has 1 N–H and O–H groups in total. The van der Waals surface area contributed by atoms with Gasteiger partial charge in [-0.15, -0.1) is 0 Å². The molecule has 0 aromatic rings. The third-order valence-electron chi connectivity index (χ3n) is 3.62. The molecule has 2 fully saturated rings. The average Bonchev–Trinajstić information content (AvgIpc) is 2.94. The zero-order valence-corrected chi connectivity index (χ0v) is 12.1. The molecule has 0 bridgehead atoms. The van der Waals surface area contributed by atoms with Gasteiger partial charge in [0.15, 0.2) is 6.29 Å². The van der Waals surface area contributed by atoms with Gasteiger partial charge in [0, 0.05) is 12.5 Å². The summed E-state index contributed by atoms with van der Waals surface area (Å²) >= 11 is 0. The lowest BCUT2D eigenvalue weighted by molar-refractivity contribution is -0.0929. The molecule has 5 heteroatoms. The summed E-state index contributed by atoms with van der Waals surface area (Å²) in [4.78, 5) is 11.6. The predicted octanol–water partition coefficient (Wildman–Crippen LogP) is 2.30. The first-order valence-electron chi connectivity index (χ1n) is 7.16. The lowest BCUT2D eigenvalue weighted by Crippen LogP contribution is -2.38. The van der Waals surface area contributed by atoms with Crippen LogP contribution in [-0.4, -0.2) is 37.7 Å². The fourth-order valence-electron chi connectivity index (χ4n) is 2.83. The molecule has 1 aliphatic heterocycles. The molecule has 2 aliphatic rings. The van der Waals surface area contributed by atoms with Crippen LogP contribution >= 0.6 is 0 Å². The normalized spacial score (nSPS) is 28.6. The van der Waals surface area contributed by atoms with Crippen molar-refractivity contribution in [2.24, 2.45) is 11.8 Å². The molecule has 1 amide bonds. The Morgan fingerprint density at radius 3 is 2.58 bits per heavy atom. The third-order valence-corrected chi connectivity index (χ3v) is 3.62. The smallest absolute Gasteiger partial charge is 0.407 e. The summed E-state index contributed by atoms with van der Waals surface area (Å²) in [6.07, 6.45) is 2.99. The molecule has 110 valence electrons. The van der Waals surface area contributed by atoms with Crippen LogP contribution in [-0.2, 0) is 14.2 Å². The summed E-state index contributed by atoms with van der Waals surface area (Å²) in [5.74, 6) is 0.827. The topological polar surface area (TPSA) is 56.8 Å². The lowest BCUT2D eigenvalue weighted by Gasteiger charge is -2.25. The standard InChI is InChI=1S/C14H25NO4/c1-14(2,3)19-13(16)15-9-10-5-4-6-11(10)12-17-7-8-18-12/h10-12H,4-9H2,1-3H3,(H,15,16)/t10-,11-/m1/s1. The Bertz CT molecular complexity index is 307. The molecule has 0 aromatic carbocycles. The zero-order chi connectivity index (χ0) is 13.9. The van der Waals surface area contributed by atoms with E-state index in [4.69, 9.17) is 14.2 Å². The van der Waals surface area contributed by atoms with Crippen molar-refractivity contribution in [1.82, 2.24) is 5.32 Å². The van der Waals surface area contributed by atoms with Crippen molar-refractivity contribution in [3.63, 3.8) is 0 Å². The van der Waals surface area contributed by atoms with Gasteiger partial charge in [0.2, 0.25) is 0 Å². The van der Waals surface area contributed by atoms with E-state index in [0.29, 0.717) is 31.6 Å². The minimum atomic E-state index is -0.448. The van der Waals surface area contributed by atoms with Crippen LogP contribution in [0.25, 0.3) is 0 Å². The highest BCUT2D eigenvalue weighted by Crippen LogP contribution is 2.36. The van der Waals surface area contributed by atoms with E-state index in [1.807, 2.05) is 20.8 Å². The number of nitrogens with one attached hydrogen (secondary N) is 1. The molecule has 0 radical (unpaired) electrons. The summed E-state index contributed by atoms with van der Waals surface area (Å²) < 4.78 is 16.4. The lowest BCUT2D eigenvalue weighted by atomic mass is 9.95. The first-order chi connectivity index (χ1) is 8.96. The second-order valence-electron chi connectivity index (χ2n) is 6.35. The van der Waals surface area contributed by atoms with Gasteiger partial charge < -0.3 is 19.5 Å². The number of hydrogen-bond acceptors (Lipinski definition) is 4. The molecule has 0 aromatic heterocycles. The van der Waals surface area contributed by atoms with Crippen LogP contribution in [0.2, 0.25) is 0 Å². The summed E-state index contributed by atoms with van der Waals surface area (Å²) in [5, 5.41) is 2.86. The fraction of sp³-hybridized carbons (Fsp3) is 0.929. The Balaban J connectivity index is 1.76. The number of hydrogen-bond donors (Lipinski definition) is 1. The maximum Gasteiger partial charge on any atom is 0.407 e. The van der Waals surface area contributed by atoms with Gasteiger partial charge in [0.25, 0.3) is 0 Å². The Morgan fingerprint density at radius 2 is 1.95 bits per heavy atom. The number of amides is 1. The molecule has 1 saturated heterocycles. The van der Waals surface area contributed by atoms with Gasteiger partial charge in [-0.25, -0.2) is 4.79 Å². The molecule has 19 heavy (non-hydrogen) atoms. The van der Waals surface area contributed by atoms with E-state index < -0.39 is 5.60 Å². The molecule has 2 rings (SSSR count). The molecular formula is C14H25NO4.